The SMILES string of the molecule is COC(=O)CCC1CC2(COS(=O)(=O)C(F)(F)F)OC(C[C@@H](C)C#N)CCC2O1. The van der Waals surface area contributed by atoms with Crippen LogP contribution in [0, 0.1) is 17.2 Å². The Morgan fingerprint density at radius 3 is 2.62 bits per heavy atom. The van der Waals surface area contributed by atoms with E-state index in [1.807, 2.05) is 0 Å². The van der Waals surface area contributed by atoms with Gasteiger partial charge in [-0.05, 0) is 32.6 Å². The standard InChI is InChI=1S/C17H24F3NO7S/c1-11(9-21)7-12-3-5-14-16(28-12,10-26-29(23,24)17(18,19)20)8-13(27-14)4-6-15(22)25-2/h11-14H,3-8,10H2,1-2H3/t11-,12?,13?,14?,16?/m1/s1. The Balaban J connectivity index is 2.16. The molecule has 2 saturated heterocycles. The van der Waals surface area contributed by atoms with Crippen molar-refractivity contribution in [3.05, 3.63) is 0 Å². The maximum atomic E-state index is 12.7. The highest BCUT2D eigenvalue weighted by Crippen LogP contribution is 2.44. The Bertz CT molecular complexity index is 736. The number of halogens is 3. The highest BCUT2D eigenvalue weighted by molar-refractivity contribution is 7.87. The van der Waals surface area contributed by atoms with E-state index in [0.29, 0.717) is 19.3 Å². The van der Waals surface area contributed by atoms with Gasteiger partial charge in [-0.15, -0.1) is 0 Å². The third kappa shape index (κ3) is 5.81. The Morgan fingerprint density at radius 2 is 2.03 bits per heavy atom. The van der Waals surface area contributed by atoms with Crippen LogP contribution in [0.5, 0.6) is 0 Å². The fourth-order valence-electron chi connectivity index (χ4n) is 3.70. The number of esters is 1. The molecular formula is C17H24F3NO7S. The summed E-state index contributed by atoms with van der Waals surface area (Å²) in [4.78, 5) is 11.4. The van der Waals surface area contributed by atoms with Crippen LogP contribution in [0.4, 0.5) is 13.2 Å². The molecule has 0 saturated carbocycles. The number of fused-ring (bicyclic) bond motifs is 1. The summed E-state index contributed by atoms with van der Waals surface area (Å²) in [5.41, 5.74) is -6.95. The summed E-state index contributed by atoms with van der Waals surface area (Å²) in [6.07, 6.45) is -0.0170. The fourth-order valence-corrected chi connectivity index (χ4v) is 4.19. The molecule has 2 aliphatic rings. The summed E-state index contributed by atoms with van der Waals surface area (Å²) < 4.78 is 81.5. The first-order chi connectivity index (χ1) is 13.4. The molecule has 0 amide bonds. The first kappa shape index (κ1) is 23.9. The number of carbonyl (C=O) groups is 1. The number of nitriles is 1. The maximum Gasteiger partial charge on any atom is 0.523 e. The highest BCUT2D eigenvalue weighted by Gasteiger charge is 2.56. The number of hydrogen-bond donors (Lipinski definition) is 0. The van der Waals surface area contributed by atoms with E-state index in [1.54, 1.807) is 6.92 Å². The van der Waals surface area contributed by atoms with Crippen LogP contribution < -0.4 is 0 Å². The molecule has 29 heavy (non-hydrogen) atoms. The van der Waals surface area contributed by atoms with Gasteiger partial charge < -0.3 is 14.2 Å². The van der Waals surface area contributed by atoms with E-state index in [9.17, 15) is 26.4 Å². The van der Waals surface area contributed by atoms with Crippen molar-refractivity contribution >= 4 is 16.1 Å². The fraction of sp³-hybridized carbons (Fsp3) is 0.882. The molecule has 0 N–H and O–H groups in total. The Kier molecular flexibility index (Phi) is 7.53. The van der Waals surface area contributed by atoms with Gasteiger partial charge in [0, 0.05) is 18.8 Å². The first-order valence-electron chi connectivity index (χ1n) is 9.18. The third-order valence-corrected chi connectivity index (χ3v) is 6.14. The third-order valence-electron chi connectivity index (χ3n) is 5.15. The van der Waals surface area contributed by atoms with E-state index in [1.165, 1.54) is 7.11 Å². The Morgan fingerprint density at radius 1 is 1.34 bits per heavy atom. The van der Waals surface area contributed by atoms with E-state index < -0.39 is 52.1 Å². The minimum atomic E-state index is -5.80. The van der Waals surface area contributed by atoms with Crippen molar-refractivity contribution in [3.8, 4) is 6.07 Å². The number of alkyl halides is 3. The molecule has 2 rings (SSSR count). The molecule has 166 valence electrons. The highest BCUT2D eigenvalue weighted by atomic mass is 32.2. The summed E-state index contributed by atoms with van der Waals surface area (Å²) in [5.74, 6) is -0.805. The lowest BCUT2D eigenvalue weighted by atomic mass is 9.85. The van der Waals surface area contributed by atoms with Crippen molar-refractivity contribution in [2.75, 3.05) is 13.7 Å². The quantitative estimate of drug-likeness (QED) is 0.319. The number of methoxy groups -OCH3 is 1. The predicted molar refractivity (Wildman–Crippen MR) is 91.7 cm³/mol. The second kappa shape index (κ2) is 9.16. The Labute approximate surface area is 167 Å². The van der Waals surface area contributed by atoms with Crippen molar-refractivity contribution in [2.45, 2.75) is 74.9 Å². The van der Waals surface area contributed by atoms with Gasteiger partial charge in [0.25, 0.3) is 0 Å². The zero-order valence-electron chi connectivity index (χ0n) is 16.1. The van der Waals surface area contributed by atoms with Gasteiger partial charge in [0.15, 0.2) is 0 Å². The Hall–Kier alpha value is -1.42. The van der Waals surface area contributed by atoms with Gasteiger partial charge >= 0.3 is 21.6 Å². The summed E-state index contributed by atoms with van der Waals surface area (Å²) >= 11 is 0. The lowest BCUT2D eigenvalue weighted by Crippen LogP contribution is -2.52. The number of nitrogens with zero attached hydrogens (tertiary/aromatic N) is 1. The second-order valence-electron chi connectivity index (χ2n) is 7.38. The molecule has 5 atom stereocenters. The van der Waals surface area contributed by atoms with Crippen LogP contribution in [-0.4, -0.2) is 57.5 Å². The molecule has 2 fully saturated rings. The summed E-state index contributed by atoms with van der Waals surface area (Å²) in [7, 11) is -4.56. The predicted octanol–water partition coefficient (Wildman–Crippen LogP) is 2.43. The monoisotopic (exact) mass is 443 g/mol. The van der Waals surface area contributed by atoms with E-state index in [2.05, 4.69) is 15.0 Å². The first-order valence-corrected chi connectivity index (χ1v) is 10.6. The van der Waals surface area contributed by atoms with Crippen molar-refractivity contribution in [1.82, 2.24) is 0 Å². The van der Waals surface area contributed by atoms with Crippen LogP contribution in [-0.2, 0) is 33.3 Å². The van der Waals surface area contributed by atoms with E-state index in [-0.39, 0.29) is 25.2 Å². The normalized spacial score (nSPS) is 31.0. The summed E-state index contributed by atoms with van der Waals surface area (Å²) in [6, 6.07) is 2.07. The lowest BCUT2D eigenvalue weighted by Gasteiger charge is -2.41. The molecule has 0 aromatic rings. The van der Waals surface area contributed by atoms with Gasteiger partial charge in [-0.1, -0.05) is 0 Å². The minimum Gasteiger partial charge on any atom is -0.469 e. The van der Waals surface area contributed by atoms with Gasteiger partial charge in [-0.3, -0.25) is 8.98 Å². The maximum absolute atomic E-state index is 12.7. The van der Waals surface area contributed by atoms with E-state index >= 15 is 0 Å². The summed E-state index contributed by atoms with van der Waals surface area (Å²) in [5, 5.41) is 9.00. The van der Waals surface area contributed by atoms with Gasteiger partial charge in [-0.25, -0.2) is 0 Å². The molecule has 0 radical (unpaired) electrons. The molecule has 2 heterocycles. The van der Waals surface area contributed by atoms with Crippen LogP contribution in [0.1, 0.15) is 45.4 Å². The van der Waals surface area contributed by atoms with Gasteiger partial charge in [0.2, 0.25) is 0 Å². The average Bonchev–Trinajstić information content (AvgIpc) is 3.01. The van der Waals surface area contributed by atoms with Crippen LogP contribution >= 0.6 is 0 Å². The van der Waals surface area contributed by atoms with Crippen molar-refractivity contribution in [1.29, 1.82) is 5.26 Å². The topological polar surface area (TPSA) is 112 Å². The zero-order chi connectivity index (χ0) is 21.9. The van der Waals surface area contributed by atoms with Gasteiger partial charge in [-0.2, -0.15) is 26.9 Å². The molecule has 12 heteroatoms. The molecule has 0 aromatic carbocycles. The zero-order valence-corrected chi connectivity index (χ0v) is 16.9. The molecule has 2 aliphatic heterocycles. The number of carbonyl (C=O) groups excluding carboxylic acids is 1. The van der Waals surface area contributed by atoms with E-state index in [0.717, 1.165) is 0 Å². The number of hydrogen-bond acceptors (Lipinski definition) is 8. The molecule has 0 bridgehead atoms. The van der Waals surface area contributed by atoms with E-state index in [4.69, 9.17) is 14.7 Å². The minimum absolute atomic E-state index is 0.0422. The number of rotatable bonds is 8. The second-order valence-corrected chi connectivity index (χ2v) is 8.98. The van der Waals surface area contributed by atoms with Gasteiger partial charge in [0.05, 0.1) is 38.1 Å². The largest absolute Gasteiger partial charge is 0.523 e. The van der Waals surface area contributed by atoms with Crippen molar-refractivity contribution in [2.24, 2.45) is 5.92 Å². The van der Waals surface area contributed by atoms with Crippen LogP contribution in [0.15, 0.2) is 0 Å². The number of ether oxygens (including phenoxy) is 3. The smallest absolute Gasteiger partial charge is 0.469 e. The lowest BCUT2D eigenvalue weighted by molar-refractivity contribution is -0.182. The molecule has 0 aliphatic carbocycles. The van der Waals surface area contributed by atoms with Crippen molar-refractivity contribution in [3.63, 3.8) is 0 Å². The van der Waals surface area contributed by atoms with Crippen LogP contribution in [0.3, 0.4) is 0 Å². The van der Waals surface area contributed by atoms with Crippen LogP contribution in [0.25, 0.3) is 0 Å². The molecule has 8 nitrogen and oxygen atoms in total. The average molecular weight is 443 g/mol. The molecule has 0 aromatic heterocycles. The summed E-state index contributed by atoms with van der Waals surface area (Å²) in [6.45, 7) is 0.836. The molecular weight excluding hydrogens is 419 g/mol. The van der Waals surface area contributed by atoms with Crippen LogP contribution in [0.2, 0.25) is 0 Å². The molecule has 0 spiro atoms. The molecule has 4 unspecified atom stereocenters. The van der Waals surface area contributed by atoms with Crippen molar-refractivity contribution < 1.29 is 44.8 Å². The van der Waals surface area contributed by atoms with Gasteiger partial charge in [0.1, 0.15) is 5.60 Å².